The number of hydrogen-bond donors (Lipinski definition) is 5. The maximum absolute atomic E-state index is 14.9. The largest absolute Gasteiger partial charge is 0.481 e. The van der Waals surface area contributed by atoms with Crippen molar-refractivity contribution in [2.45, 2.75) is 53.0 Å². The summed E-state index contributed by atoms with van der Waals surface area (Å²) in [6, 6.07) is 12.1. The number of anilines is 8. The van der Waals surface area contributed by atoms with Crippen LogP contribution < -0.4 is 41.7 Å². The molecule has 5 N–H and O–H groups in total. The molecular weight excluding hydrogens is 875 g/mol. The van der Waals surface area contributed by atoms with Crippen LogP contribution in [-0.2, 0) is 28.5 Å². The quantitative estimate of drug-likeness (QED) is 0.0485. The van der Waals surface area contributed by atoms with Crippen molar-refractivity contribution in [1.29, 1.82) is 0 Å². The molecule has 0 aliphatic carbocycles. The predicted molar refractivity (Wildman–Crippen MR) is 235 cm³/mol. The SMILES string of the molecule is C=CC(=O)Nc1cc(C)ccc1Nc1n/c(=N\c2cc(OC)ncc2C)n(CCC(=O)Nc2cc(C)ccc2Nc2nc(Nc3cc(OC)ncc3C)ncc2C(F)(F)F)cc1C(F)(F)F. The number of ether oxygens (including phenoxy) is 2. The van der Waals surface area contributed by atoms with E-state index >= 15 is 0 Å². The minimum Gasteiger partial charge on any atom is -0.481 e. The van der Waals surface area contributed by atoms with E-state index in [9.17, 15) is 35.9 Å². The van der Waals surface area contributed by atoms with Crippen LogP contribution in [0.2, 0.25) is 0 Å². The first-order valence-electron chi connectivity index (χ1n) is 19.7. The second-order valence-electron chi connectivity index (χ2n) is 14.6. The summed E-state index contributed by atoms with van der Waals surface area (Å²) in [4.78, 5) is 51.0. The van der Waals surface area contributed by atoms with Gasteiger partial charge in [-0.15, -0.1) is 0 Å². The van der Waals surface area contributed by atoms with Crippen molar-refractivity contribution in [2.75, 3.05) is 40.8 Å². The third kappa shape index (κ3) is 11.7. The molecule has 6 rings (SSSR count). The molecule has 2 aromatic carbocycles. The fourth-order valence-corrected chi connectivity index (χ4v) is 6.12. The third-order valence-electron chi connectivity index (χ3n) is 9.57. The van der Waals surface area contributed by atoms with Gasteiger partial charge in [0, 0.05) is 49.9 Å². The number of aryl methyl sites for hydroxylation is 5. The van der Waals surface area contributed by atoms with Crippen molar-refractivity contribution in [3.8, 4) is 11.8 Å². The van der Waals surface area contributed by atoms with Crippen LogP contribution in [-0.4, -0.2) is 55.5 Å². The molecule has 0 fully saturated rings. The number of benzene rings is 2. The first-order chi connectivity index (χ1) is 31.2. The van der Waals surface area contributed by atoms with Crippen molar-refractivity contribution >= 4 is 63.5 Å². The predicted octanol–water partition coefficient (Wildman–Crippen LogP) is 9.37. The number of carbonyl (C=O) groups is 2. The van der Waals surface area contributed by atoms with E-state index in [-0.39, 0.29) is 51.8 Å². The van der Waals surface area contributed by atoms with Gasteiger partial charge in [-0.05, 0) is 80.3 Å². The highest BCUT2D eigenvalue weighted by atomic mass is 19.4. The van der Waals surface area contributed by atoms with Gasteiger partial charge in [-0.1, -0.05) is 18.7 Å². The Labute approximate surface area is 373 Å². The summed E-state index contributed by atoms with van der Waals surface area (Å²) in [6.45, 7) is 9.80. The lowest BCUT2D eigenvalue weighted by molar-refractivity contribution is -0.138. The van der Waals surface area contributed by atoms with E-state index in [0.29, 0.717) is 34.1 Å². The molecule has 4 aromatic heterocycles. The standard InChI is InChI=1S/C44H42F6N12O4/c1-8-35(63)54-33-15-23(2)9-11-29(33)57-40-28(44(48,49)50)22-62(42(61-40)59-32-18-38(66-7)52-20-26(32)5)14-13-36(64)55-34-16-24(3)10-12-30(34)56-39-27(43(45,46)47)21-53-41(60-39)58-31-17-37(65-6)51-19-25(31)4/h8-12,15-22H,1,13-14H2,2-7H3,(H,54,63)(H,55,64)(H,52,57,59,61)(H2,51,53,56,58,60). The molecule has 0 spiro atoms. The van der Waals surface area contributed by atoms with E-state index < -0.39 is 59.9 Å². The number of carbonyl (C=O) groups excluding carboxylic acids is 2. The van der Waals surface area contributed by atoms with E-state index in [0.717, 1.165) is 16.8 Å². The number of aromatic nitrogens is 6. The van der Waals surface area contributed by atoms with E-state index in [1.807, 2.05) is 0 Å². The molecule has 0 atom stereocenters. The minimum absolute atomic E-state index is 0.00696. The van der Waals surface area contributed by atoms with Gasteiger partial charge in [0.25, 0.3) is 0 Å². The summed E-state index contributed by atoms with van der Waals surface area (Å²) in [5, 5.41) is 13.5. The molecule has 16 nitrogen and oxygen atoms in total. The molecular formula is C44H42F6N12O4. The monoisotopic (exact) mass is 916 g/mol. The summed E-state index contributed by atoms with van der Waals surface area (Å²) in [5.41, 5.74) is 0.625. The fourth-order valence-electron chi connectivity index (χ4n) is 6.12. The third-order valence-corrected chi connectivity index (χ3v) is 9.57. The lowest BCUT2D eigenvalue weighted by atomic mass is 10.1. The summed E-state index contributed by atoms with van der Waals surface area (Å²) in [6.07, 6.45) is -5.07. The van der Waals surface area contributed by atoms with E-state index in [1.165, 1.54) is 56.9 Å². The average Bonchev–Trinajstić information content (AvgIpc) is 3.26. The van der Waals surface area contributed by atoms with Crippen LogP contribution in [0.4, 0.5) is 78.1 Å². The van der Waals surface area contributed by atoms with Crippen molar-refractivity contribution in [3.05, 3.63) is 125 Å². The molecule has 66 heavy (non-hydrogen) atoms. The lowest BCUT2D eigenvalue weighted by Crippen LogP contribution is -2.29. The summed E-state index contributed by atoms with van der Waals surface area (Å²) >= 11 is 0. The Morgan fingerprint density at radius 2 is 1.27 bits per heavy atom. The van der Waals surface area contributed by atoms with Gasteiger partial charge in [-0.25, -0.2) is 19.9 Å². The zero-order chi connectivity index (χ0) is 47.9. The molecule has 0 radical (unpaired) electrons. The second kappa shape index (κ2) is 19.8. The number of halogens is 6. The molecule has 6 aromatic rings. The average molecular weight is 917 g/mol. The van der Waals surface area contributed by atoms with Gasteiger partial charge < -0.3 is 40.6 Å². The van der Waals surface area contributed by atoms with Gasteiger partial charge in [-0.2, -0.15) is 36.3 Å². The van der Waals surface area contributed by atoms with Gasteiger partial charge in [0.2, 0.25) is 35.1 Å². The van der Waals surface area contributed by atoms with Gasteiger partial charge in [0.05, 0.1) is 48.3 Å². The second-order valence-corrected chi connectivity index (χ2v) is 14.6. The zero-order valence-electron chi connectivity index (χ0n) is 36.2. The Bertz CT molecular complexity index is 2880. The maximum Gasteiger partial charge on any atom is 0.421 e. The highest BCUT2D eigenvalue weighted by molar-refractivity contribution is 6.01. The highest BCUT2D eigenvalue weighted by Gasteiger charge is 2.37. The molecule has 22 heteroatoms. The molecule has 0 saturated heterocycles. The number of alkyl halides is 6. The van der Waals surface area contributed by atoms with Crippen LogP contribution >= 0.6 is 0 Å². The Balaban J connectivity index is 1.35. The minimum atomic E-state index is -5.00. The summed E-state index contributed by atoms with van der Waals surface area (Å²) in [7, 11) is 2.78. The Hall–Kier alpha value is -8.04. The summed E-state index contributed by atoms with van der Waals surface area (Å²) in [5.74, 6) is -2.48. The normalized spacial score (nSPS) is 11.7. The van der Waals surface area contributed by atoms with Crippen molar-refractivity contribution < 1.29 is 45.4 Å². The first kappa shape index (κ1) is 47.4. The van der Waals surface area contributed by atoms with Gasteiger partial charge in [-0.3, -0.25) is 9.59 Å². The van der Waals surface area contributed by atoms with Gasteiger partial charge in [0.15, 0.2) is 0 Å². The smallest absolute Gasteiger partial charge is 0.421 e. The molecule has 4 heterocycles. The number of rotatable bonds is 15. The molecule has 0 unspecified atom stereocenters. The number of nitrogens with one attached hydrogen (secondary N) is 5. The van der Waals surface area contributed by atoms with Crippen LogP contribution in [0.1, 0.15) is 39.8 Å². The van der Waals surface area contributed by atoms with Crippen LogP contribution in [0.25, 0.3) is 0 Å². The van der Waals surface area contributed by atoms with E-state index in [4.69, 9.17) is 9.47 Å². The van der Waals surface area contributed by atoms with Crippen molar-refractivity contribution in [2.24, 2.45) is 4.99 Å². The highest BCUT2D eigenvalue weighted by Crippen LogP contribution is 2.38. The molecule has 0 saturated carbocycles. The topological polar surface area (TPSA) is 194 Å². The first-order valence-corrected chi connectivity index (χ1v) is 19.7. The number of nitrogens with zero attached hydrogens (tertiary/aromatic N) is 7. The molecule has 0 bridgehead atoms. The number of methoxy groups -OCH3 is 2. The number of pyridine rings is 2. The fraction of sp³-hybridized carbons (Fsp3) is 0.227. The number of hydrogen-bond acceptors (Lipinski definition) is 13. The molecule has 344 valence electrons. The Morgan fingerprint density at radius 3 is 1.86 bits per heavy atom. The summed E-state index contributed by atoms with van der Waals surface area (Å²) < 4.78 is 99.1. The number of amides is 2. The van der Waals surface area contributed by atoms with Crippen molar-refractivity contribution in [3.63, 3.8) is 0 Å². The van der Waals surface area contributed by atoms with Gasteiger partial charge >= 0.3 is 12.4 Å². The van der Waals surface area contributed by atoms with Crippen molar-refractivity contribution in [1.82, 2.24) is 29.5 Å². The lowest BCUT2D eigenvalue weighted by Gasteiger charge is -2.19. The van der Waals surface area contributed by atoms with E-state index in [1.54, 1.807) is 45.9 Å². The van der Waals surface area contributed by atoms with Crippen LogP contribution in [0.15, 0.2) is 91.0 Å². The zero-order valence-corrected chi connectivity index (χ0v) is 36.2. The maximum atomic E-state index is 14.9. The van der Waals surface area contributed by atoms with Crippen LogP contribution in [0, 0.1) is 27.7 Å². The van der Waals surface area contributed by atoms with Crippen LogP contribution in [0.3, 0.4) is 0 Å². The van der Waals surface area contributed by atoms with E-state index in [2.05, 4.69) is 63.1 Å². The molecule has 0 aliphatic rings. The Morgan fingerprint density at radius 1 is 0.697 bits per heavy atom. The van der Waals surface area contributed by atoms with Crippen LogP contribution in [0.5, 0.6) is 11.8 Å². The Kier molecular flexibility index (Phi) is 14.2. The molecule has 0 aliphatic heterocycles. The van der Waals surface area contributed by atoms with Gasteiger partial charge in [0.1, 0.15) is 22.8 Å². The molecule has 2 amide bonds.